The number of halogens is 1. The Morgan fingerprint density at radius 2 is 2.20 bits per heavy atom. The molecule has 1 aliphatic rings. The van der Waals surface area contributed by atoms with Gasteiger partial charge >= 0.3 is 0 Å². The van der Waals surface area contributed by atoms with E-state index < -0.39 is 0 Å². The monoisotopic (exact) mass is 342 g/mol. The summed E-state index contributed by atoms with van der Waals surface area (Å²) in [5, 5.41) is 4.73. The van der Waals surface area contributed by atoms with Crippen molar-refractivity contribution in [2.24, 2.45) is 0 Å². The highest BCUT2D eigenvalue weighted by atomic mass is 19.1. The molecule has 25 heavy (non-hydrogen) atoms. The number of likely N-dealkylation sites (tertiary alicyclic amines) is 1. The number of hydrogen-bond donors (Lipinski definition) is 1. The van der Waals surface area contributed by atoms with Crippen LogP contribution in [0.15, 0.2) is 28.9 Å². The average Bonchev–Trinajstić information content (AvgIpc) is 3.21. The maximum absolute atomic E-state index is 13.3. The summed E-state index contributed by atoms with van der Waals surface area (Å²) < 4.78 is 18.5. The fraction of sp³-hybridized carbons (Fsp3) is 0.389. The number of H-pyrrole nitrogens is 1. The fourth-order valence-corrected chi connectivity index (χ4v) is 3.43. The van der Waals surface area contributed by atoms with Crippen LogP contribution < -0.4 is 0 Å². The van der Waals surface area contributed by atoms with Gasteiger partial charge in [0.15, 0.2) is 5.82 Å². The molecule has 0 unspecified atom stereocenters. The molecule has 130 valence electrons. The van der Waals surface area contributed by atoms with Gasteiger partial charge in [-0.1, -0.05) is 5.16 Å². The largest absolute Gasteiger partial charge is 0.361 e. The summed E-state index contributed by atoms with van der Waals surface area (Å²) in [5.41, 5.74) is 1.61. The third-order valence-electron chi connectivity index (χ3n) is 4.81. The lowest BCUT2D eigenvalue weighted by molar-refractivity contribution is -0.131. The van der Waals surface area contributed by atoms with E-state index in [4.69, 9.17) is 4.52 Å². The predicted octanol–water partition coefficient (Wildman–Crippen LogP) is 2.95. The van der Waals surface area contributed by atoms with Crippen LogP contribution in [-0.2, 0) is 11.2 Å². The van der Waals surface area contributed by atoms with Crippen molar-refractivity contribution in [3.8, 4) is 0 Å². The summed E-state index contributed by atoms with van der Waals surface area (Å²) in [7, 11) is 0. The van der Waals surface area contributed by atoms with Gasteiger partial charge < -0.3 is 14.4 Å². The zero-order valence-electron chi connectivity index (χ0n) is 14.0. The number of aromatic nitrogens is 3. The van der Waals surface area contributed by atoms with Gasteiger partial charge in [0, 0.05) is 36.1 Å². The quantitative estimate of drug-likeness (QED) is 0.794. The Labute approximate surface area is 144 Å². The van der Waals surface area contributed by atoms with Gasteiger partial charge in [0.25, 0.3) is 0 Å². The van der Waals surface area contributed by atoms with E-state index in [2.05, 4.69) is 15.1 Å². The van der Waals surface area contributed by atoms with Crippen molar-refractivity contribution in [2.45, 2.75) is 32.1 Å². The molecule has 0 aliphatic carbocycles. The maximum Gasteiger partial charge on any atom is 0.229 e. The van der Waals surface area contributed by atoms with E-state index in [0.717, 1.165) is 23.8 Å². The van der Waals surface area contributed by atoms with Crippen LogP contribution in [0.25, 0.3) is 10.9 Å². The highest BCUT2D eigenvalue weighted by Gasteiger charge is 2.27. The summed E-state index contributed by atoms with van der Waals surface area (Å²) in [6.45, 7) is 3.17. The van der Waals surface area contributed by atoms with Gasteiger partial charge in [-0.2, -0.15) is 4.98 Å². The van der Waals surface area contributed by atoms with Crippen molar-refractivity contribution in [2.75, 3.05) is 13.1 Å². The SMILES string of the molecule is Cc1noc(C2CCN(C(=O)Cc3c[nH]c4cc(F)ccc34)CC2)n1. The van der Waals surface area contributed by atoms with Crippen molar-refractivity contribution in [3.63, 3.8) is 0 Å². The lowest BCUT2D eigenvalue weighted by Gasteiger charge is -2.30. The molecule has 0 spiro atoms. The molecule has 2 aromatic heterocycles. The summed E-state index contributed by atoms with van der Waals surface area (Å²) in [5.74, 6) is 1.34. The standard InChI is InChI=1S/C18H19FN4O2/c1-11-21-18(25-22-11)12-4-6-23(7-5-12)17(24)8-13-10-20-16-9-14(19)2-3-15(13)16/h2-3,9-10,12,20H,4-8H2,1H3. The Hall–Kier alpha value is -2.70. The Morgan fingerprint density at radius 1 is 1.40 bits per heavy atom. The number of rotatable bonds is 3. The van der Waals surface area contributed by atoms with Gasteiger partial charge in [0.1, 0.15) is 5.82 Å². The van der Waals surface area contributed by atoms with Crippen molar-refractivity contribution in [1.82, 2.24) is 20.0 Å². The van der Waals surface area contributed by atoms with Gasteiger partial charge in [0.05, 0.1) is 6.42 Å². The Balaban J connectivity index is 1.40. The number of piperidine rings is 1. The number of fused-ring (bicyclic) bond motifs is 1. The first kappa shape index (κ1) is 15.8. The first-order chi connectivity index (χ1) is 12.1. The molecule has 3 heterocycles. The van der Waals surface area contributed by atoms with Gasteiger partial charge in [-0.25, -0.2) is 4.39 Å². The van der Waals surface area contributed by atoms with E-state index in [1.165, 1.54) is 12.1 Å². The van der Waals surface area contributed by atoms with Crippen LogP contribution in [0.1, 0.15) is 36.0 Å². The minimum atomic E-state index is -0.287. The molecule has 3 aromatic rings. The molecule has 0 atom stereocenters. The molecule has 4 rings (SSSR count). The number of aryl methyl sites for hydroxylation is 1. The Kier molecular flexibility index (Phi) is 3.99. The maximum atomic E-state index is 13.3. The van der Waals surface area contributed by atoms with E-state index in [1.54, 1.807) is 19.2 Å². The molecule has 0 bridgehead atoms. The number of carbonyl (C=O) groups is 1. The number of amides is 1. The first-order valence-corrected chi connectivity index (χ1v) is 8.43. The number of benzene rings is 1. The molecule has 1 aliphatic heterocycles. The van der Waals surface area contributed by atoms with E-state index in [1.807, 2.05) is 4.90 Å². The van der Waals surface area contributed by atoms with Crippen LogP contribution in [0, 0.1) is 12.7 Å². The van der Waals surface area contributed by atoms with Crippen LogP contribution in [-0.4, -0.2) is 39.0 Å². The number of hydrogen-bond acceptors (Lipinski definition) is 4. The number of aromatic amines is 1. The molecular weight excluding hydrogens is 323 g/mol. The minimum Gasteiger partial charge on any atom is -0.361 e. The van der Waals surface area contributed by atoms with E-state index >= 15 is 0 Å². The van der Waals surface area contributed by atoms with Crippen LogP contribution in [0.4, 0.5) is 4.39 Å². The van der Waals surface area contributed by atoms with Gasteiger partial charge in [-0.15, -0.1) is 0 Å². The van der Waals surface area contributed by atoms with Gasteiger partial charge in [0.2, 0.25) is 11.8 Å². The fourth-order valence-electron chi connectivity index (χ4n) is 3.43. The molecule has 0 radical (unpaired) electrons. The van der Waals surface area contributed by atoms with Crippen molar-refractivity contribution >= 4 is 16.8 Å². The molecule has 1 aromatic carbocycles. The smallest absolute Gasteiger partial charge is 0.229 e. The zero-order chi connectivity index (χ0) is 17.4. The molecule has 1 N–H and O–H groups in total. The second kappa shape index (κ2) is 6.31. The predicted molar refractivity (Wildman–Crippen MR) is 89.6 cm³/mol. The lowest BCUT2D eigenvalue weighted by Crippen LogP contribution is -2.38. The molecule has 7 heteroatoms. The molecular formula is C18H19FN4O2. The van der Waals surface area contributed by atoms with Crippen molar-refractivity contribution < 1.29 is 13.7 Å². The second-order valence-corrected chi connectivity index (χ2v) is 6.52. The molecule has 1 fully saturated rings. The van der Waals surface area contributed by atoms with Crippen LogP contribution >= 0.6 is 0 Å². The van der Waals surface area contributed by atoms with Gasteiger partial charge in [-0.05, 0) is 43.5 Å². The van der Waals surface area contributed by atoms with Crippen LogP contribution in [0.2, 0.25) is 0 Å². The topological polar surface area (TPSA) is 75.0 Å². The lowest BCUT2D eigenvalue weighted by atomic mass is 9.96. The summed E-state index contributed by atoms with van der Waals surface area (Å²) in [6.07, 6.45) is 3.75. The Bertz CT molecular complexity index is 909. The van der Waals surface area contributed by atoms with Crippen molar-refractivity contribution in [1.29, 1.82) is 0 Å². The van der Waals surface area contributed by atoms with Gasteiger partial charge in [-0.3, -0.25) is 4.79 Å². The highest BCUT2D eigenvalue weighted by Crippen LogP contribution is 2.27. The summed E-state index contributed by atoms with van der Waals surface area (Å²) in [6, 6.07) is 4.58. The number of nitrogens with one attached hydrogen (secondary N) is 1. The summed E-state index contributed by atoms with van der Waals surface area (Å²) >= 11 is 0. The molecule has 1 saturated heterocycles. The third kappa shape index (κ3) is 3.14. The molecule has 1 amide bonds. The highest BCUT2D eigenvalue weighted by molar-refractivity contribution is 5.89. The molecule has 0 saturated carbocycles. The van der Waals surface area contributed by atoms with Crippen LogP contribution in [0.3, 0.4) is 0 Å². The second-order valence-electron chi connectivity index (χ2n) is 6.52. The third-order valence-corrected chi connectivity index (χ3v) is 4.81. The van der Waals surface area contributed by atoms with Crippen LogP contribution in [0.5, 0.6) is 0 Å². The average molecular weight is 342 g/mol. The van der Waals surface area contributed by atoms with E-state index in [-0.39, 0.29) is 17.6 Å². The number of nitrogens with zero attached hydrogens (tertiary/aromatic N) is 3. The normalized spacial score (nSPS) is 15.8. The molecule has 6 nitrogen and oxygen atoms in total. The Morgan fingerprint density at radius 3 is 2.92 bits per heavy atom. The van der Waals surface area contributed by atoms with E-state index in [0.29, 0.717) is 36.7 Å². The number of carbonyl (C=O) groups excluding carboxylic acids is 1. The summed E-state index contributed by atoms with van der Waals surface area (Å²) in [4.78, 5) is 21.8. The minimum absolute atomic E-state index is 0.0883. The van der Waals surface area contributed by atoms with E-state index in [9.17, 15) is 9.18 Å². The van der Waals surface area contributed by atoms with Crippen molar-refractivity contribution in [3.05, 3.63) is 47.5 Å². The first-order valence-electron chi connectivity index (χ1n) is 8.43. The zero-order valence-corrected chi connectivity index (χ0v) is 14.0.